The van der Waals surface area contributed by atoms with Crippen molar-refractivity contribution in [2.24, 2.45) is 0 Å². The van der Waals surface area contributed by atoms with Crippen LogP contribution in [0.3, 0.4) is 0 Å². The zero-order valence-corrected chi connectivity index (χ0v) is 18.7. The second kappa shape index (κ2) is 8.67. The summed E-state index contributed by atoms with van der Waals surface area (Å²) in [6.45, 7) is 3.89. The van der Waals surface area contributed by atoms with Crippen LogP contribution >= 0.6 is 11.8 Å². The summed E-state index contributed by atoms with van der Waals surface area (Å²) in [7, 11) is -3.73. The second-order valence-electron chi connectivity index (χ2n) is 7.40. The van der Waals surface area contributed by atoms with E-state index in [9.17, 15) is 13.2 Å². The number of carbonyl (C=O) groups excluding carboxylic acids is 1. The molecule has 1 saturated carbocycles. The minimum Gasteiger partial charge on any atom is -0.325 e. The molecule has 1 heterocycles. The fourth-order valence-corrected chi connectivity index (χ4v) is 4.69. The third-order valence-corrected chi connectivity index (χ3v) is 7.23. The first-order chi connectivity index (χ1) is 14.8. The lowest BCUT2D eigenvalue weighted by Gasteiger charge is -2.11. The van der Waals surface area contributed by atoms with Crippen LogP contribution in [-0.2, 0) is 14.8 Å². The molecular weight excluding hydrogens is 436 g/mol. The molecule has 0 spiro atoms. The molecule has 31 heavy (non-hydrogen) atoms. The number of amides is 1. The van der Waals surface area contributed by atoms with Crippen molar-refractivity contribution in [3.05, 3.63) is 53.6 Å². The summed E-state index contributed by atoms with van der Waals surface area (Å²) in [5.74, 6) is -0.0687. The predicted molar refractivity (Wildman–Crippen MR) is 119 cm³/mol. The number of aryl methyl sites for hydroxylation is 2. The van der Waals surface area contributed by atoms with Crippen molar-refractivity contribution in [3.8, 4) is 0 Å². The molecule has 1 aliphatic carbocycles. The molecule has 0 atom stereocenters. The largest absolute Gasteiger partial charge is 0.325 e. The number of hydrogen-bond donors (Lipinski definition) is 2. The first-order valence-electron chi connectivity index (χ1n) is 9.72. The number of aromatic nitrogens is 4. The Hall–Kier alpha value is -2.92. The number of anilines is 2. The van der Waals surface area contributed by atoms with Crippen LogP contribution < -0.4 is 10.0 Å². The summed E-state index contributed by atoms with van der Waals surface area (Å²) >= 11 is 1.27. The minimum atomic E-state index is -3.73. The molecule has 2 aromatic carbocycles. The van der Waals surface area contributed by atoms with Gasteiger partial charge in [-0.25, -0.2) is 13.1 Å². The molecule has 1 aromatic heterocycles. The average Bonchev–Trinajstić information content (AvgIpc) is 3.47. The van der Waals surface area contributed by atoms with Crippen molar-refractivity contribution < 1.29 is 13.2 Å². The lowest BCUT2D eigenvalue weighted by atomic mass is 10.1. The van der Waals surface area contributed by atoms with Crippen LogP contribution in [0.2, 0.25) is 0 Å². The smallest absolute Gasteiger partial charge is 0.261 e. The van der Waals surface area contributed by atoms with E-state index in [1.807, 2.05) is 19.9 Å². The topological polar surface area (TPSA) is 119 Å². The molecule has 0 radical (unpaired) electrons. The van der Waals surface area contributed by atoms with Gasteiger partial charge in [-0.1, -0.05) is 17.8 Å². The van der Waals surface area contributed by atoms with E-state index in [1.54, 1.807) is 28.9 Å². The van der Waals surface area contributed by atoms with Gasteiger partial charge in [-0.3, -0.25) is 9.52 Å². The van der Waals surface area contributed by atoms with Gasteiger partial charge < -0.3 is 5.32 Å². The van der Waals surface area contributed by atoms with Gasteiger partial charge in [0.25, 0.3) is 10.0 Å². The van der Waals surface area contributed by atoms with E-state index < -0.39 is 10.0 Å². The van der Waals surface area contributed by atoms with Crippen molar-refractivity contribution in [1.82, 2.24) is 20.2 Å². The number of carbonyl (C=O) groups is 1. The normalized spacial score (nSPS) is 13.7. The highest BCUT2D eigenvalue weighted by atomic mass is 32.2. The Kier molecular flexibility index (Phi) is 5.96. The van der Waals surface area contributed by atoms with E-state index in [0.29, 0.717) is 22.6 Å². The zero-order valence-electron chi connectivity index (χ0n) is 17.1. The second-order valence-corrected chi connectivity index (χ2v) is 10.0. The molecule has 1 aliphatic rings. The molecule has 9 nitrogen and oxygen atoms in total. The summed E-state index contributed by atoms with van der Waals surface area (Å²) in [6.07, 6.45) is 2.11. The van der Waals surface area contributed by atoms with Gasteiger partial charge in [-0.2, -0.15) is 0 Å². The monoisotopic (exact) mass is 458 g/mol. The van der Waals surface area contributed by atoms with Crippen LogP contribution in [0, 0.1) is 13.8 Å². The zero-order chi connectivity index (χ0) is 22.0. The van der Waals surface area contributed by atoms with Crippen LogP contribution in [0.25, 0.3) is 0 Å². The Bertz CT molecular complexity index is 1200. The third-order valence-electron chi connectivity index (χ3n) is 4.90. The maximum absolute atomic E-state index is 12.6. The molecule has 0 unspecified atom stereocenters. The third kappa shape index (κ3) is 5.23. The maximum Gasteiger partial charge on any atom is 0.261 e. The van der Waals surface area contributed by atoms with Crippen LogP contribution in [0.15, 0.2) is 52.5 Å². The van der Waals surface area contributed by atoms with E-state index in [2.05, 4.69) is 25.6 Å². The van der Waals surface area contributed by atoms with Gasteiger partial charge >= 0.3 is 0 Å². The molecule has 3 aromatic rings. The molecule has 1 fully saturated rings. The summed E-state index contributed by atoms with van der Waals surface area (Å²) in [5, 5.41) is 14.9. The predicted octanol–water partition coefficient (Wildman–Crippen LogP) is 3.16. The first-order valence-corrected chi connectivity index (χ1v) is 12.2. The molecule has 4 rings (SSSR count). The molecule has 0 saturated heterocycles. The molecule has 0 aliphatic heterocycles. The Morgan fingerprint density at radius 1 is 1.10 bits per heavy atom. The first kappa shape index (κ1) is 21.3. The fourth-order valence-electron chi connectivity index (χ4n) is 2.89. The van der Waals surface area contributed by atoms with E-state index in [4.69, 9.17) is 0 Å². The Morgan fingerprint density at radius 2 is 1.81 bits per heavy atom. The van der Waals surface area contributed by atoms with Crippen molar-refractivity contribution in [1.29, 1.82) is 0 Å². The highest BCUT2D eigenvalue weighted by Gasteiger charge is 2.28. The van der Waals surface area contributed by atoms with Crippen molar-refractivity contribution in [3.63, 3.8) is 0 Å². The van der Waals surface area contributed by atoms with Crippen LogP contribution in [0.1, 0.15) is 30.0 Å². The highest BCUT2D eigenvalue weighted by molar-refractivity contribution is 7.99. The Balaban J connectivity index is 1.35. The summed E-state index contributed by atoms with van der Waals surface area (Å²) in [5.41, 5.74) is 3.11. The maximum atomic E-state index is 12.6. The number of nitrogens with zero attached hydrogens (tertiary/aromatic N) is 4. The summed E-state index contributed by atoms with van der Waals surface area (Å²) in [6, 6.07) is 11.8. The number of thioether (sulfide) groups is 1. The highest BCUT2D eigenvalue weighted by Crippen LogP contribution is 2.36. The number of nitrogens with one attached hydrogen (secondary N) is 2. The van der Waals surface area contributed by atoms with Crippen molar-refractivity contribution in [2.45, 2.75) is 42.8 Å². The van der Waals surface area contributed by atoms with Gasteiger partial charge in [-0.05, 0) is 84.6 Å². The Morgan fingerprint density at radius 3 is 2.48 bits per heavy atom. The Labute approximate surface area is 184 Å². The van der Waals surface area contributed by atoms with Gasteiger partial charge in [0, 0.05) is 11.4 Å². The molecular formula is C20H22N6O3S2. The molecule has 0 bridgehead atoms. The average molecular weight is 459 g/mol. The lowest BCUT2D eigenvalue weighted by Crippen LogP contribution is -2.15. The number of benzene rings is 2. The van der Waals surface area contributed by atoms with Gasteiger partial charge in [0.05, 0.1) is 16.7 Å². The van der Waals surface area contributed by atoms with E-state index >= 15 is 0 Å². The SMILES string of the molecule is Cc1ccc(NS(=O)(=O)c2ccc(NC(=O)CSc3nnnn3C3CC3)cc2)cc1C. The van der Waals surface area contributed by atoms with E-state index in [0.717, 1.165) is 24.0 Å². The number of hydrogen-bond acceptors (Lipinski definition) is 7. The van der Waals surface area contributed by atoms with E-state index in [1.165, 1.54) is 23.9 Å². The molecule has 1 amide bonds. The van der Waals surface area contributed by atoms with Crippen LogP contribution in [-0.4, -0.2) is 40.3 Å². The number of tetrazole rings is 1. The van der Waals surface area contributed by atoms with Crippen LogP contribution in [0.5, 0.6) is 0 Å². The fraction of sp³-hybridized carbons (Fsp3) is 0.300. The standard InChI is InChI=1S/C20H22N6O3S2/c1-13-3-4-16(11-14(13)2)23-31(28,29)18-9-5-15(6-10-18)21-19(27)12-30-20-22-24-25-26(20)17-7-8-17/h3-6,9-11,17,23H,7-8,12H2,1-2H3,(H,21,27). The molecule has 162 valence electrons. The number of sulfonamides is 1. The van der Waals surface area contributed by atoms with Gasteiger partial charge in [0.2, 0.25) is 11.1 Å². The van der Waals surface area contributed by atoms with Gasteiger partial charge in [0.15, 0.2) is 0 Å². The van der Waals surface area contributed by atoms with Crippen molar-refractivity contribution in [2.75, 3.05) is 15.8 Å². The summed E-state index contributed by atoms with van der Waals surface area (Å²) < 4.78 is 29.6. The van der Waals surface area contributed by atoms with Crippen molar-refractivity contribution >= 4 is 39.1 Å². The number of rotatable bonds is 8. The van der Waals surface area contributed by atoms with Crippen LogP contribution in [0.4, 0.5) is 11.4 Å². The van der Waals surface area contributed by atoms with Gasteiger partial charge in [-0.15, -0.1) is 5.10 Å². The molecule has 2 N–H and O–H groups in total. The molecule has 11 heteroatoms. The lowest BCUT2D eigenvalue weighted by molar-refractivity contribution is -0.113. The minimum absolute atomic E-state index is 0.113. The summed E-state index contributed by atoms with van der Waals surface area (Å²) in [4.78, 5) is 12.4. The van der Waals surface area contributed by atoms with Gasteiger partial charge in [0.1, 0.15) is 0 Å². The van der Waals surface area contributed by atoms with E-state index in [-0.39, 0.29) is 16.6 Å². The quantitative estimate of drug-likeness (QED) is 0.498.